The number of nitrogens with zero attached hydrogens (tertiary/aromatic N) is 2. The second-order valence-electron chi connectivity index (χ2n) is 5.86. The lowest BCUT2D eigenvalue weighted by Gasteiger charge is -2.35. The molecule has 1 atom stereocenters. The van der Waals surface area contributed by atoms with Crippen LogP contribution in [0.4, 0.5) is 11.4 Å². The van der Waals surface area contributed by atoms with Gasteiger partial charge in [0.25, 0.3) is 0 Å². The first-order chi connectivity index (χ1) is 10.1. The molecule has 2 aliphatic heterocycles. The number of nitrogens with one attached hydrogen (secondary N) is 1. The number of amides is 2. The van der Waals surface area contributed by atoms with Crippen molar-refractivity contribution in [2.24, 2.45) is 0 Å². The molecule has 1 aromatic rings. The summed E-state index contributed by atoms with van der Waals surface area (Å²) in [6.07, 6.45) is 3.53. The summed E-state index contributed by atoms with van der Waals surface area (Å²) in [7, 11) is 0. The van der Waals surface area contributed by atoms with Crippen molar-refractivity contribution >= 4 is 23.2 Å². The Kier molecular flexibility index (Phi) is 3.92. The highest BCUT2D eigenvalue weighted by Crippen LogP contribution is 2.29. The fourth-order valence-corrected chi connectivity index (χ4v) is 3.11. The lowest BCUT2D eigenvalue weighted by atomic mass is 10.0. The molecule has 5 heteroatoms. The van der Waals surface area contributed by atoms with Crippen molar-refractivity contribution in [3.8, 4) is 0 Å². The average Bonchev–Trinajstić information content (AvgIpc) is 2.48. The van der Waals surface area contributed by atoms with Crippen molar-refractivity contribution in [2.45, 2.75) is 32.2 Å². The summed E-state index contributed by atoms with van der Waals surface area (Å²) in [4.78, 5) is 28.2. The minimum atomic E-state index is -0.131. The Balaban J connectivity index is 1.77. The SMILES string of the molecule is C[C@H]1CCCCN1CC(=O)N1CC(=O)Nc2ccccc21. The van der Waals surface area contributed by atoms with E-state index in [1.165, 1.54) is 6.42 Å². The van der Waals surface area contributed by atoms with Gasteiger partial charge in [-0.2, -0.15) is 0 Å². The number of benzene rings is 1. The van der Waals surface area contributed by atoms with Crippen LogP contribution in [0, 0.1) is 0 Å². The van der Waals surface area contributed by atoms with E-state index in [0.717, 1.165) is 25.1 Å². The second-order valence-corrected chi connectivity index (χ2v) is 5.86. The molecule has 1 saturated heterocycles. The third-order valence-corrected chi connectivity index (χ3v) is 4.35. The number of para-hydroxylation sites is 2. The highest BCUT2D eigenvalue weighted by atomic mass is 16.2. The van der Waals surface area contributed by atoms with Crippen LogP contribution in [0.3, 0.4) is 0 Å². The van der Waals surface area contributed by atoms with E-state index in [4.69, 9.17) is 0 Å². The Morgan fingerprint density at radius 1 is 1.33 bits per heavy atom. The van der Waals surface area contributed by atoms with Crippen molar-refractivity contribution in [1.82, 2.24) is 4.90 Å². The molecule has 2 heterocycles. The summed E-state index contributed by atoms with van der Waals surface area (Å²) in [5.41, 5.74) is 1.51. The molecule has 0 aromatic heterocycles. The normalized spacial score (nSPS) is 22.6. The molecule has 0 saturated carbocycles. The topological polar surface area (TPSA) is 52.7 Å². The molecule has 0 unspecified atom stereocenters. The molecule has 1 aromatic carbocycles. The van der Waals surface area contributed by atoms with Crippen molar-refractivity contribution in [1.29, 1.82) is 0 Å². The summed E-state index contributed by atoms with van der Waals surface area (Å²) in [6.45, 7) is 3.64. The maximum Gasteiger partial charge on any atom is 0.244 e. The zero-order chi connectivity index (χ0) is 14.8. The zero-order valence-electron chi connectivity index (χ0n) is 12.3. The smallest absolute Gasteiger partial charge is 0.244 e. The van der Waals surface area contributed by atoms with Crippen LogP contribution in [0.2, 0.25) is 0 Å². The average molecular weight is 287 g/mol. The van der Waals surface area contributed by atoms with Crippen LogP contribution in [-0.2, 0) is 9.59 Å². The quantitative estimate of drug-likeness (QED) is 0.903. The third kappa shape index (κ3) is 2.93. The van der Waals surface area contributed by atoms with Gasteiger partial charge in [-0.15, -0.1) is 0 Å². The molecule has 112 valence electrons. The van der Waals surface area contributed by atoms with Gasteiger partial charge < -0.3 is 5.32 Å². The molecule has 2 aliphatic rings. The van der Waals surface area contributed by atoms with Gasteiger partial charge in [-0.3, -0.25) is 19.4 Å². The predicted octanol–water partition coefficient (Wildman–Crippen LogP) is 1.85. The maximum atomic E-state index is 12.6. The molecule has 0 bridgehead atoms. The van der Waals surface area contributed by atoms with Crippen molar-refractivity contribution in [2.75, 3.05) is 29.9 Å². The number of rotatable bonds is 2. The maximum absolute atomic E-state index is 12.6. The van der Waals surface area contributed by atoms with Gasteiger partial charge in [0.1, 0.15) is 6.54 Å². The highest BCUT2D eigenvalue weighted by molar-refractivity contribution is 6.10. The monoisotopic (exact) mass is 287 g/mol. The van der Waals surface area contributed by atoms with Crippen LogP contribution in [0.1, 0.15) is 26.2 Å². The lowest BCUT2D eigenvalue weighted by molar-refractivity contribution is -0.123. The first-order valence-corrected chi connectivity index (χ1v) is 7.58. The number of piperidine rings is 1. The van der Waals surface area contributed by atoms with Crippen LogP contribution in [0.5, 0.6) is 0 Å². The van der Waals surface area contributed by atoms with Gasteiger partial charge in [-0.25, -0.2) is 0 Å². The molecule has 1 N–H and O–H groups in total. The van der Waals surface area contributed by atoms with E-state index >= 15 is 0 Å². The first-order valence-electron chi connectivity index (χ1n) is 7.58. The summed E-state index contributed by atoms with van der Waals surface area (Å²) in [5, 5.41) is 2.81. The first kappa shape index (κ1) is 14.1. The van der Waals surface area contributed by atoms with Gasteiger partial charge in [0.2, 0.25) is 11.8 Å². The summed E-state index contributed by atoms with van der Waals surface area (Å²) >= 11 is 0. The van der Waals surface area contributed by atoms with Crippen LogP contribution < -0.4 is 10.2 Å². The molecule has 0 aliphatic carbocycles. The van der Waals surface area contributed by atoms with E-state index in [0.29, 0.717) is 18.3 Å². The number of likely N-dealkylation sites (tertiary alicyclic amines) is 1. The summed E-state index contributed by atoms with van der Waals surface area (Å²) < 4.78 is 0. The number of hydrogen-bond acceptors (Lipinski definition) is 3. The Labute approximate surface area is 124 Å². The van der Waals surface area contributed by atoms with Crippen molar-refractivity contribution < 1.29 is 9.59 Å². The standard InChI is InChI=1S/C16H21N3O2/c1-12-6-4-5-9-18(12)11-16(21)19-10-15(20)17-13-7-2-3-8-14(13)19/h2-3,7-8,12H,4-6,9-11H2,1H3,(H,17,20)/t12-/m0/s1. The van der Waals surface area contributed by atoms with E-state index in [-0.39, 0.29) is 18.4 Å². The number of fused-ring (bicyclic) bond motifs is 1. The van der Waals surface area contributed by atoms with Crippen LogP contribution in [-0.4, -0.2) is 42.4 Å². The van der Waals surface area contributed by atoms with Crippen LogP contribution >= 0.6 is 0 Å². The predicted molar refractivity (Wildman–Crippen MR) is 82.3 cm³/mol. The Morgan fingerprint density at radius 3 is 2.95 bits per heavy atom. The second kappa shape index (κ2) is 5.85. The fraction of sp³-hybridized carbons (Fsp3) is 0.500. The Bertz CT molecular complexity index is 558. The van der Waals surface area contributed by atoms with Crippen molar-refractivity contribution in [3.05, 3.63) is 24.3 Å². The molecule has 5 nitrogen and oxygen atoms in total. The fourth-order valence-electron chi connectivity index (χ4n) is 3.11. The number of carbonyl (C=O) groups excluding carboxylic acids is 2. The number of carbonyl (C=O) groups is 2. The zero-order valence-corrected chi connectivity index (χ0v) is 12.3. The molecule has 21 heavy (non-hydrogen) atoms. The molecule has 0 radical (unpaired) electrons. The largest absolute Gasteiger partial charge is 0.323 e. The van der Waals surface area contributed by atoms with Gasteiger partial charge in [-0.05, 0) is 38.4 Å². The Hall–Kier alpha value is -1.88. The molecular formula is C16H21N3O2. The van der Waals surface area contributed by atoms with E-state index in [9.17, 15) is 9.59 Å². The Morgan fingerprint density at radius 2 is 2.14 bits per heavy atom. The highest BCUT2D eigenvalue weighted by Gasteiger charge is 2.29. The van der Waals surface area contributed by atoms with Crippen LogP contribution in [0.15, 0.2) is 24.3 Å². The van der Waals surface area contributed by atoms with Gasteiger partial charge >= 0.3 is 0 Å². The van der Waals surface area contributed by atoms with Gasteiger partial charge in [0.15, 0.2) is 0 Å². The lowest BCUT2D eigenvalue weighted by Crippen LogP contribution is -2.49. The molecule has 0 spiro atoms. The van der Waals surface area contributed by atoms with E-state index in [2.05, 4.69) is 17.1 Å². The minimum absolute atomic E-state index is 0.00560. The van der Waals surface area contributed by atoms with Gasteiger partial charge in [0.05, 0.1) is 17.9 Å². The molecule has 3 rings (SSSR count). The minimum Gasteiger partial charge on any atom is -0.323 e. The van der Waals surface area contributed by atoms with Gasteiger partial charge in [-0.1, -0.05) is 18.6 Å². The molecule has 1 fully saturated rings. The molecular weight excluding hydrogens is 266 g/mol. The third-order valence-electron chi connectivity index (χ3n) is 4.35. The van der Waals surface area contributed by atoms with E-state index in [1.54, 1.807) is 4.90 Å². The van der Waals surface area contributed by atoms with Gasteiger partial charge in [0, 0.05) is 6.04 Å². The molecule has 2 amide bonds. The van der Waals surface area contributed by atoms with E-state index < -0.39 is 0 Å². The number of hydrogen-bond donors (Lipinski definition) is 1. The summed E-state index contributed by atoms with van der Waals surface area (Å²) in [6, 6.07) is 7.90. The summed E-state index contributed by atoms with van der Waals surface area (Å²) in [5.74, 6) is -0.125. The van der Waals surface area contributed by atoms with Crippen LogP contribution in [0.25, 0.3) is 0 Å². The van der Waals surface area contributed by atoms with Crippen molar-refractivity contribution in [3.63, 3.8) is 0 Å². The van der Waals surface area contributed by atoms with E-state index in [1.807, 2.05) is 24.3 Å². The number of anilines is 2.